The molecule has 0 aromatic heterocycles. The zero-order chi connectivity index (χ0) is 23.2. The number of fused-ring (bicyclic) bond motifs is 8. The number of benzene rings is 3. The van der Waals surface area contributed by atoms with Gasteiger partial charge in [0.15, 0.2) is 0 Å². The number of likely N-dealkylation sites (N-methyl/N-ethyl adjacent to an activating group) is 1. The summed E-state index contributed by atoms with van der Waals surface area (Å²) in [5.74, 6) is -1.69. The standard InChI is InChI=1S/C28H25N3O3/c1-2-29-21-11-6-5-10-20(21)28(27(29)34)24-23(22-12-7-15-30(22)28)25(32)31(26(24)33)19-14-13-17-8-3-4-9-18(17)16-19/h3-6,8-11,13-14,16,22-24H,2,7,12,15H2,1H3/t22-,23-,24+,28+/m1/s1. The number of carbonyl (C=O) groups is 3. The highest BCUT2D eigenvalue weighted by atomic mass is 16.2. The SMILES string of the molecule is CCN1C(=O)[C@]2(c3ccccc31)[C@@H]1C(=O)N(c3ccc4ccccc4c3)C(=O)[C@@H]1[C@H]1CCCN12. The van der Waals surface area contributed by atoms with Crippen molar-refractivity contribution in [1.29, 1.82) is 0 Å². The molecule has 6 nitrogen and oxygen atoms in total. The Morgan fingerprint density at radius 2 is 1.68 bits per heavy atom. The van der Waals surface area contributed by atoms with Crippen LogP contribution in [0.1, 0.15) is 25.3 Å². The Morgan fingerprint density at radius 1 is 0.912 bits per heavy atom. The zero-order valence-electron chi connectivity index (χ0n) is 19.0. The third-order valence-corrected chi connectivity index (χ3v) is 8.45. The maximum atomic E-state index is 14.2. The summed E-state index contributed by atoms with van der Waals surface area (Å²) in [6.07, 6.45) is 1.75. The fraction of sp³-hybridized carbons (Fsp3) is 0.321. The van der Waals surface area contributed by atoms with Crippen LogP contribution in [0, 0.1) is 11.8 Å². The van der Waals surface area contributed by atoms with Crippen LogP contribution in [0.15, 0.2) is 66.7 Å². The second-order valence-electron chi connectivity index (χ2n) is 9.78. The molecule has 0 saturated carbocycles. The average Bonchev–Trinajstić information content (AvgIpc) is 3.56. The third kappa shape index (κ3) is 2.18. The first-order chi connectivity index (χ1) is 16.6. The molecule has 1 spiro atoms. The van der Waals surface area contributed by atoms with Gasteiger partial charge in [0, 0.05) is 23.8 Å². The lowest BCUT2D eigenvalue weighted by molar-refractivity contribution is -0.137. The number of hydrogen-bond acceptors (Lipinski definition) is 4. The van der Waals surface area contributed by atoms with Gasteiger partial charge in [0.2, 0.25) is 11.8 Å². The second kappa shape index (κ2) is 6.76. The van der Waals surface area contributed by atoms with E-state index in [0.29, 0.717) is 12.2 Å². The van der Waals surface area contributed by atoms with E-state index < -0.39 is 17.4 Å². The summed E-state index contributed by atoms with van der Waals surface area (Å²) in [5.41, 5.74) is 1.24. The van der Waals surface area contributed by atoms with Crippen molar-refractivity contribution in [2.45, 2.75) is 31.3 Å². The largest absolute Gasteiger partial charge is 0.310 e. The van der Waals surface area contributed by atoms with E-state index in [9.17, 15) is 14.4 Å². The van der Waals surface area contributed by atoms with Gasteiger partial charge in [-0.2, -0.15) is 0 Å². The fourth-order valence-corrected chi connectivity index (χ4v) is 7.22. The van der Waals surface area contributed by atoms with Crippen LogP contribution in [0.3, 0.4) is 0 Å². The first-order valence-electron chi connectivity index (χ1n) is 12.1. The summed E-state index contributed by atoms with van der Waals surface area (Å²) >= 11 is 0. The van der Waals surface area contributed by atoms with Crippen LogP contribution < -0.4 is 9.80 Å². The summed E-state index contributed by atoms with van der Waals surface area (Å²) in [7, 11) is 0. The molecule has 0 radical (unpaired) electrons. The molecule has 3 aromatic carbocycles. The van der Waals surface area contributed by atoms with Crippen molar-refractivity contribution in [3.63, 3.8) is 0 Å². The molecule has 0 aliphatic carbocycles. The maximum Gasteiger partial charge on any atom is 0.253 e. The molecule has 0 unspecified atom stereocenters. The van der Waals surface area contributed by atoms with Gasteiger partial charge in [0.25, 0.3) is 5.91 Å². The van der Waals surface area contributed by atoms with Gasteiger partial charge in [0.1, 0.15) is 5.54 Å². The average molecular weight is 452 g/mol. The molecule has 0 N–H and O–H groups in total. The zero-order valence-corrected chi connectivity index (χ0v) is 19.0. The third-order valence-electron chi connectivity index (χ3n) is 8.45. The van der Waals surface area contributed by atoms with Gasteiger partial charge in [0.05, 0.1) is 17.5 Å². The molecule has 4 atom stereocenters. The van der Waals surface area contributed by atoms with Gasteiger partial charge in [-0.05, 0) is 55.3 Å². The highest BCUT2D eigenvalue weighted by Gasteiger charge is 2.75. The molecule has 7 rings (SSSR count). The minimum absolute atomic E-state index is 0.0582. The minimum atomic E-state index is -1.10. The number of nitrogens with zero attached hydrogens (tertiary/aromatic N) is 3. The van der Waals surface area contributed by atoms with Gasteiger partial charge < -0.3 is 4.90 Å². The molecule has 3 amide bonds. The van der Waals surface area contributed by atoms with Gasteiger partial charge in [-0.15, -0.1) is 0 Å². The van der Waals surface area contributed by atoms with Crippen LogP contribution >= 0.6 is 0 Å². The summed E-state index contributed by atoms with van der Waals surface area (Å²) < 4.78 is 0. The summed E-state index contributed by atoms with van der Waals surface area (Å²) in [5, 5.41) is 2.04. The van der Waals surface area contributed by atoms with Crippen molar-refractivity contribution in [3.05, 3.63) is 72.3 Å². The van der Waals surface area contributed by atoms with Crippen LogP contribution in [0.5, 0.6) is 0 Å². The van der Waals surface area contributed by atoms with Crippen molar-refractivity contribution in [1.82, 2.24) is 4.90 Å². The Labute approximate surface area is 197 Å². The monoisotopic (exact) mass is 451 g/mol. The lowest BCUT2D eigenvalue weighted by atomic mass is 9.75. The van der Waals surface area contributed by atoms with Gasteiger partial charge >= 0.3 is 0 Å². The number of imide groups is 1. The van der Waals surface area contributed by atoms with E-state index in [4.69, 9.17) is 0 Å². The molecule has 3 aromatic rings. The van der Waals surface area contributed by atoms with Crippen molar-refractivity contribution in [2.75, 3.05) is 22.9 Å². The van der Waals surface area contributed by atoms with Crippen molar-refractivity contribution in [3.8, 4) is 0 Å². The topological polar surface area (TPSA) is 60.9 Å². The van der Waals surface area contributed by atoms with Crippen LogP contribution in [-0.4, -0.2) is 41.8 Å². The maximum absolute atomic E-state index is 14.2. The Balaban J connectivity index is 1.42. The van der Waals surface area contributed by atoms with Gasteiger partial charge in [-0.1, -0.05) is 48.5 Å². The summed E-state index contributed by atoms with van der Waals surface area (Å²) in [4.78, 5) is 47.7. The van der Waals surface area contributed by atoms with E-state index in [1.807, 2.05) is 73.7 Å². The fourth-order valence-electron chi connectivity index (χ4n) is 7.22. The van der Waals surface area contributed by atoms with E-state index >= 15 is 0 Å². The Bertz CT molecular complexity index is 1400. The smallest absolute Gasteiger partial charge is 0.253 e. The predicted molar refractivity (Wildman–Crippen MR) is 129 cm³/mol. The van der Waals surface area contributed by atoms with E-state index in [0.717, 1.165) is 41.4 Å². The first-order valence-corrected chi connectivity index (χ1v) is 12.1. The molecule has 3 fully saturated rings. The number of amides is 3. The molecule has 4 aliphatic rings. The van der Waals surface area contributed by atoms with Crippen LogP contribution in [0.4, 0.5) is 11.4 Å². The van der Waals surface area contributed by atoms with Crippen LogP contribution in [-0.2, 0) is 19.9 Å². The van der Waals surface area contributed by atoms with Gasteiger partial charge in [-0.3, -0.25) is 19.3 Å². The summed E-state index contributed by atoms with van der Waals surface area (Å²) in [6, 6.07) is 21.4. The Kier molecular flexibility index (Phi) is 3.96. The number of anilines is 2. The lowest BCUT2D eigenvalue weighted by Crippen LogP contribution is -2.56. The molecule has 6 heteroatoms. The van der Waals surface area contributed by atoms with E-state index in [-0.39, 0.29) is 23.8 Å². The minimum Gasteiger partial charge on any atom is -0.310 e. The molecule has 4 aliphatic heterocycles. The van der Waals surface area contributed by atoms with E-state index in [2.05, 4.69) is 4.90 Å². The number of carbonyl (C=O) groups excluding carboxylic acids is 3. The highest BCUT2D eigenvalue weighted by molar-refractivity contribution is 6.26. The Morgan fingerprint density at radius 3 is 2.50 bits per heavy atom. The molecule has 3 saturated heterocycles. The van der Waals surface area contributed by atoms with E-state index in [1.165, 1.54) is 4.90 Å². The Hall–Kier alpha value is -3.51. The van der Waals surface area contributed by atoms with Crippen molar-refractivity contribution < 1.29 is 14.4 Å². The number of hydrogen-bond donors (Lipinski definition) is 0. The molecule has 0 bridgehead atoms. The normalized spacial score (nSPS) is 30.0. The molecule has 4 heterocycles. The van der Waals surface area contributed by atoms with Crippen LogP contribution in [0.25, 0.3) is 10.8 Å². The van der Waals surface area contributed by atoms with Crippen LogP contribution in [0.2, 0.25) is 0 Å². The van der Waals surface area contributed by atoms with E-state index in [1.54, 1.807) is 4.90 Å². The van der Waals surface area contributed by atoms with Gasteiger partial charge in [-0.25, -0.2) is 4.90 Å². The predicted octanol–water partition coefficient (Wildman–Crippen LogP) is 3.69. The molecule has 170 valence electrons. The lowest BCUT2D eigenvalue weighted by Gasteiger charge is -2.37. The molecular formula is C28H25N3O3. The molecule has 34 heavy (non-hydrogen) atoms. The molecular weight excluding hydrogens is 426 g/mol. The summed E-state index contributed by atoms with van der Waals surface area (Å²) in [6.45, 7) is 3.22. The first kappa shape index (κ1) is 19.9. The van der Waals surface area contributed by atoms with Crippen molar-refractivity contribution in [2.24, 2.45) is 11.8 Å². The van der Waals surface area contributed by atoms with Crippen molar-refractivity contribution >= 4 is 39.9 Å². The highest BCUT2D eigenvalue weighted by Crippen LogP contribution is 2.61. The second-order valence-corrected chi connectivity index (χ2v) is 9.78. The number of para-hydroxylation sites is 1. The quantitative estimate of drug-likeness (QED) is 0.558. The number of rotatable bonds is 2.